The Hall–Kier alpha value is -1.82. The maximum absolute atomic E-state index is 15.4. The summed E-state index contributed by atoms with van der Waals surface area (Å²) < 4.78 is 59.3. The van der Waals surface area contributed by atoms with Crippen LogP contribution in [-0.2, 0) is 10.0 Å². The van der Waals surface area contributed by atoms with Crippen molar-refractivity contribution in [1.29, 1.82) is 0 Å². The molecule has 1 fully saturated rings. The van der Waals surface area contributed by atoms with Gasteiger partial charge in [-0.05, 0) is 71.7 Å². The van der Waals surface area contributed by atoms with Gasteiger partial charge in [0.1, 0.15) is 17.4 Å². The van der Waals surface area contributed by atoms with Gasteiger partial charge in [0, 0.05) is 3.57 Å². The molecule has 148 valence electrons. The fourth-order valence-corrected chi connectivity index (χ4v) is 5.13. The van der Waals surface area contributed by atoms with Gasteiger partial charge >= 0.3 is 0 Å². The quantitative estimate of drug-likeness (QED) is 0.464. The van der Waals surface area contributed by atoms with Crippen molar-refractivity contribution in [3.05, 3.63) is 50.9 Å². The highest BCUT2D eigenvalue weighted by Crippen LogP contribution is 2.34. The van der Waals surface area contributed by atoms with Crippen LogP contribution < -0.4 is 10.0 Å². The van der Waals surface area contributed by atoms with E-state index < -0.39 is 32.8 Å². The average Bonchev–Trinajstić information content (AvgIpc) is 3.41. The molecular formula is C18H18F2IN4O2S+. The van der Waals surface area contributed by atoms with Crippen molar-refractivity contribution >= 4 is 49.7 Å². The number of anilines is 1. The lowest BCUT2D eigenvalue weighted by molar-refractivity contribution is -0.499. The molecule has 0 saturated heterocycles. The molecule has 0 bridgehead atoms. The minimum atomic E-state index is -3.63. The smallest absolute Gasteiger partial charge is 0.258 e. The monoisotopic (exact) mass is 519 g/mol. The molecule has 0 radical (unpaired) electrons. The first-order valence-corrected chi connectivity index (χ1v) is 11.3. The van der Waals surface area contributed by atoms with Crippen molar-refractivity contribution in [2.75, 3.05) is 12.4 Å². The SMILES string of the molecule is CC1=N[N+](C)=C2C(F)=C(Nc3ccc(I)cc3F)C(NS(=O)(=O)C3CC3)=CC12. The van der Waals surface area contributed by atoms with Gasteiger partial charge in [-0.3, -0.25) is 4.72 Å². The number of fused-ring (bicyclic) bond motifs is 1. The molecule has 2 aliphatic carbocycles. The first kappa shape index (κ1) is 19.5. The van der Waals surface area contributed by atoms with Crippen LogP contribution >= 0.6 is 22.6 Å². The summed E-state index contributed by atoms with van der Waals surface area (Å²) in [5.74, 6) is -1.70. The summed E-state index contributed by atoms with van der Waals surface area (Å²) in [5, 5.41) is 6.51. The second-order valence-corrected chi connectivity index (χ2v) is 10.2. The van der Waals surface area contributed by atoms with Crippen LogP contribution in [0.3, 0.4) is 0 Å². The van der Waals surface area contributed by atoms with Gasteiger partial charge in [-0.15, -0.1) is 0 Å². The molecule has 4 rings (SSSR count). The van der Waals surface area contributed by atoms with Crippen LogP contribution in [0, 0.1) is 15.3 Å². The van der Waals surface area contributed by atoms with E-state index in [0.717, 1.165) is 0 Å². The highest BCUT2D eigenvalue weighted by molar-refractivity contribution is 14.1. The number of allylic oxidation sites excluding steroid dienone is 2. The van der Waals surface area contributed by atoms with Crippen molar-refractivity contribution in [3.8, 4) is 0 Å². The molecule has 1 saturated carbocycles. The Morgan fingerprint density at radius 3 is 2.64 bits per heavy atom. The third-order valence-corrected chi connectivity index (χ3v) is 7.38. The van der Waals surface area contributed by atoms with Gasteiger partial charge in [-0.2, -0.15) is 4.39 Å². The average molecular weight is 519 g/mol. The number of nitrogens with one attached hydrogen (secondary N) is 2. The molecule has 1 aromatic rings. The van der Waals surface area contributed by atoms with Crippen LogP contribution in [0.5, 0.6) is 0 Å². The number of benzene rings is 1. The van der Waals surface area contributed by atoms with Gasteiger partial charge in [0.25, 0.3) is 5.71 Å². The van der Waals surface area contributed by atoms with E-state index in [1.54, 1.807) is 26.1 Å². The third-order valence-electron chi connectivity index (χ3n) is 4.85. The molecule has 6 nitrogen and oxygen atoms in total. The van der Waals surface area contributed by atoms with Gasteiger partial charge in [-0.1, -0.05) is 4.68 Å². The first-order valence-electron chi connectivity index (χ1n) is 8.69. The molecule has 1 aromatic carbocycles. The fraction of sp³-hybridized carbons (Fsp3) is 0.333. The van der Waals surface area contributed by atoms with Crippen molar-refractivity contribution in [2.45, 2.75) is 25.0 Å². The van der Waals surface area contributed by atoms with Crippen LogP contribution in [0.25, 0.3) is 0 Å². The van der Waals surface area contributed by atoms with E-state index in [0.29, 0.717) is 27.8 Å². The van der Waals surface area contributed by atoms with Gasteiger partial charge in [-0.25, -0.2) is 12.8 Å². The van der Waals surface area contributed by atoms with Crippen molar-refractivity contribution in [3.63, 3.8) is 0 Å². The summed E-state index contributed by atoms with van der Waals surface area (Å²) in [6.45, 7) is 1.75. The number of hydrazone groups is 1. The summed E-state index contributed by atoms with van der Waals surface area (Å²) in [4.78, 5) is 0. The normalized spacial score (nSPS) is 22.1. The molecule has 1 heterocycles. The molecule has 2 N–H and O–H groups in total. The summed E-state index contributed by atoms with van der Waals surface area (Å²) in [6, 6.07) is 4.48. The van der Waals surface area contributed by atoms with Gasteiger partial charge in [0.05, 0.1) is 22.3 Å². The van der Waals surface area contributed by atoms with E-state index >= 15 is 4.39 Å². The minimum Gasteiger partial charge on any atom is -0.349 e. The van der Waals surface area contributed by atoms with Gasteiger partial charge in [0.15, 0.2) is 7.05 Å². The highest BCUT2D eigenvalue weighted by Gasteiger charge is 2.44. The summed E-state index contributed by atoms with van der Waals surface area (Å²) in [5.41, 5.74) is 0.947. The molecule has 1 aliphatic heterocycles. The molecule has 0 amide bonds. The largest absolute Gasteiger partial charge is 0.349 e. The van der Waals surface area contributed by atoms with E-state index in [1.165, 1.54) is 16.8 Å². The molecule has 3 aliphatic rings. The minimum absolute atomic E-state index is 0.0550. The molecule has 0 aromatic heterocycles. The topological polar surface area (TPSA) is 73.6 Å². The Bertz CT molecular complexity index is 1100. The Labute approximate surface area is 175 Å². The zero-order valence-electron chi connectivity index (χ0n) is 15.1. The highest BCUT2D eigenvalue weighted by atomic mass is 127. The molecule has 0 spiro atoms. The van der Waals surface area contributed by atoms with E-state index in [1.807, 2.05) is 22.6 Å². The third kappa shape index (κ3) is 3.47. The number of hydrogen-bond acceptors (Lipinski definition) is 4. The summed E-state index contributed by atoms with van der Waals surface area (Å²) in [7, 11) is -2.01. The Morgan fingerprint density at radius 1 is 1.29 bits per heavy atom. The first-order chi connectivity index (χ1) is 13.2. The van der Waals surface area contributed by atoms with Crippen molar-refractivity contribution in [2.24, 2.45) is 11.0 Å². The van der Waals surface area contributed by atoms with Crippen LogP contribution in [0.4, 0.5) is 14.5 Å². The zero-order valence-corrected chi connectivity index (χ0v) is 18.1. The summed E-state index contributed by atoms with van der Waals surface area (Å²) in [6.07, 6.45) is 2.77. The lowest BCUT2D eigenvalue weighted by Gasteiger charge is -2.22. The van der Waals surface area contributed by atoms with E-state index in [9.17, 15) is 12.8 Å². The predicted octanol–water partition coefficient (Wildman–Crippen LogP) is 3.09. The summed E-state index contributed by atoms with van der Waals surface area (Å²) >= 11 is 1.98. The maximum Gasteiger partial charge on any atom is 0.258 e. The number of halogens is 3. The van der Waals surface area contributed by atoms with Gasteiger partial charge in [0.2, 0.25) is 15.9 Å². The van der Waals surface area contributed by atoms with Crippen LogP contribution in [0.2, 0.25) is 0 Å². The second kappa shape index (κ2) is 6.90. The van der Waals surface area contributed by atoms with Crippen molar-refractivity contribution < 1.29 is 21.9 Å². The number of hydrogen-bond donors (Lipinski definition) is 2. The van der Waals surface area contributed by atoms with E-state index in [-0.39, 0.29) is 17.1 Å². The number of nitrogens with zero attached hydrogens (tertiary/aromatic N) is 2. The zero-order chi connectivity index (χ0) is 20.2. The lowest BCUT2D eigenvalue weighted by atomic mass is 9.91. The van der Waals surface area contributed by atoms with Gasteiger partial charge < -0.3 is 5.32 Å². The maximum atomic E-state index is 15.4. The molecule has 1 unspecified atom stereocenters. The standard InChI is InChI=1S/C18H17F2IN4O2S/c1-9-12-8-15(24-28(26,27)11-4-5-11)17(16(20)18(12)25(2)23-9)22-14-6-3-10(21)7-13(14)19/h3,6-8,11-12,24H,4-5H2,1-2H3/p+1. The van der Waals surface area contributed by atoms with E-state index in [4.69, 9.17) is 0 Å². The van der Waals surface area contributed by atoms with Crippen LogP contribution in [0.1, 0.15) is 19.8 Å². The molecule has 1 atom stereocenters. The molecular weight excluding hydrogens is 501 g/mol. The fourth-order valence-electron chi connectivity index (χ4n) is 3.27. The number of sulfonamides is 1. The Balaban J connectivity index is 1.78. The number of rotatable bonds is 5. The molecule has 28 heavy (non-hydrogen) atoms. The molecule has 10 heteroatoms. The van der Waals surface area contributed by atoms with E-state index in [2.05, 4.69) is 15.1 Å². The van der Waals surface area contributed by atoms with Crippen LogP contribution in [0.15, 0.2) is 46.6 Å². The predicted molar refractivity (Wildman–Crippen MR) is 112 cm³/mol. The van der Waals surface area contributed by atoms with Crippen molar-refractivity contribution in [1.82, 2.24) is 4.72 Å². The van der Waals surface area contributed by atoms with Crippen LogP contribution in [-0.4, -0.2) is 36.8 Å². The lowest BCUT2D eigenvalue weighted by Crippen LogP contribution is -2.35. The Morgan fingerprint density at radius 2 is 2.00 bits per heavy atom. The Kier molecular flexibility index (Phi) is 4.81. The second-order valence-electron chi connectivity index (χ2n) is 6.99.